The Morgan fingerprint density at radius 1 is 0.875 bits per heavy atom. The molecule has 6 nitrogen and oxygen atoms in total. The Hall–Kier alpha value is -3.42. The van der Waals surface area contributed by atoms with Crippen LogP contribution in [-0.2, 0) is 12.3 Å². The molecule has 158 valence electrons. The van der Waals surface area contributed by atoms with Gasteiger partial charge in [-0.2, -0.15) is 5.10 Å². The van der Waals surface area contributed by atoms with Crippen molar-refractivity contribution in [2.75, 3.05) is 0 Å². The van der Waals surface area contributed by atoms with Gasteiger partial charge in [-0.1, -0.05) is 90.1 Å². The molecule has 0 aliphatic rings. The molecule has 0 unspecified atom stereocenters. The van der Waals surface area contributed by atoms with E-state index < -0.39 is 0 Å². The third kappa shape index (κ3) is 4.17. The summed E-state index contributed by atoms with van der Waals surface area (Å²) in [7, 11) is 0. The smallest absolute Gasteiger partial charge is 0.277 e. The first kappa shape index (κ1) is 20.5. The number of halogens is 1. The molecule has 0 aliphatic heterocycles. The Bertz CT molecular complexity index is 1450. The highest BCUT2D eigenvalue weighted by atomic mass is 35.5. The predicted molar refractivity (Wildman–Crippen MR) is 126 cm³/mol. The Labute approximate surface area is 192 Å². The highest BCUT2D eigenvalue weighted by molar-refractivity contribution is 7.98. The van der Waals surface area contributed by atoms with Crippen molar-refractivity contribution in [3.05, 3.63) is 105 Å². The van der Waals surface area contributed by atoms with Crippen molar-refractivity contribution >= 4 is 34.1 Å². The van der Waals surface area contributed by atoms with Crippen molar-refractivity contribution in [2.45, 2.75) is 17.5 Å². The van der Waals surface area contributed by atoms with E-state index in [1.54, 1.807) is 6.07 Å². The van der Waals surface area contributed by atoms with Gasteiger partial charge < -0.3 is 4.42 Å². The largest absolute Gasteiger partial charge is 0.409 e. The van der Waals surface area contributed by atoms with Crippen molar-refractivity contribution in [3.63, 3.8) is 0 Å². The molecule has 0 atom stereocenters. The molecular formula is C24H17ClN4O2S. The van der Waals surface area contributed by atoms with Gasteiger partial charge in [-0.15, -0.1) is 10.2 Å². The molecule has 3 aromatic carbocycles. The fourth-order valence-corrected chi connectivity index (χ4v) is 4.42. The van der Waals surface area contributed by atoms with Gasteiger partial charge in [-0.25, -0.2) is 4.68 Å². The molecule has 0 radical (unpaired) electrons. The zero-order valence-corrected chi connectivity index (χ0v) is 18.4. The Kier molecular flexibility index (Phi) is 5.75. The fourth-order valence-electron chi connectivity index (χ4n) is 3.38. The first-order valence-corrected chi connectivity index (χ1v) is 11.3. The molecule has 0 fully saturated rings. The lowest BCUT2D eigenvalue weighted by Gasteiger charge is -2.09. The lowest BCUT2D eigenvalue weighted by molar-refractivity contribution is 0.462. The van der Waals surface area contributed by atoms with Crippen LogP contribution >= 0.6 is 23.4 Å². The first-order valence-electron chi connectivity index (χ1n) is 9.93. The van der Waals surface area contributed by atoms with Crippen LogP contribution in [-0.4, -0.2) is 20.0 Å². The van der Waals surface area contributed by atoms with E-state index in [0.717, 1.165) is 11.1 Å². The molecule has 8 heteroatoms. The second kappa shape index (κ2) is 8.98. The maximum absolute atomic E-state index is 13.0. The van der Waals surface area contributed by atoms with Gasteiger partial charge in [0.25, 0.3) is 16.7 Å². The number of rotatable bonds is 6. The summed E-state index contributed by atoms with van der Waals surface area (Å²) in [6, 6.07) is 24.7. The molecule has 0 saturated heterocycles. The Morgan fingerprint density at radius 2 is 1.59 bits per heavy atom. The summed E-state index contributed by atoms with van der Waals surface area (Å²) in [4.78, 5) is 13.0. The predicted octanol–water partition coefficient (Wildman–Crippen LogP) is 5.44. The number of hydrogen-bond donors (Lipinski definition) is 0. The van der Waals surface area contributed by atoms with Crippen molar-refractivity contribution in [1.29, 1.82) is 0 Å². The summed E-state index contributed by atoms with van der Waals surface area (Å²) >= 11 is 7.63. The zero-order valence-electron chi connectivity index (χ0n) is 16.8. The van der Waals surface area contributed by atoms with Crippen molar-refractivity contribution in [3.8, 4) is 11.6 Å². The summed E-state index contributed by atoms with van der Waals surface area (Å²) in [5, 5.41) is 15.3. The average molecular weight is 461 g/mol. The lowest BCUT2D eigenvalue weighted by Crippen LogP contribution is -2.24. The molecule has 0 saturated carbocycles. The van der Waals surface area contributed by atoms with Crippen LogP contribution in [0.3, 0.4) is 0 Å². The van der Waals surface area contributed by atoms with Gasteiger partial charge in [0.05, 0.1) is 11.9 Å². The second-order valence-electron chi connectivity index (χ2n) is 7.10. The van der Waals surface area contributed by atoms with Crippen molar-refractivity contribution in [1.82, 2.24) is 20.0 Å². The summed E-state index contributed by atoms with van der Waals surface area (Å²) in [6.45, 7) is 0.347. The van der Waals surface area contributed by atoms with Crippen LogP contribution in [0.15, 0.2) is 93.3 Å². The van der Waals surface area contributed by atoms with Gasteiger partial charge >= 0.3 is 0 Å². The summed E-state index contributed by atoms with van der Waals surface area (Å²) in [6.07, 6.45) is 0. The zero-order chi connectivity index (χ0) is 21.9. The van der Waals surface area contributed by atoms with Crippen LogP contribution in [0.5, 0.6) is 0 Å². The van der Waals surface area contributed by atoms with E-state index in [-0.39, 0.29) is 11.4 Å². The van der Waals surface area contributed by atoms with E-state index in [1.165, 1.54) is 16.4 Å². The van der Waals surface area contributed by atoms with Crippen molar-refractivity contribution in [2.24, 2.45) is 0 Å². The molecule has 2 heterocycles. The molecule has 0 aliphatic carbocycles. The van der Waals surface area contributed by atoms with E-state index in [4.69, 9.17) is 16.0 Å². The standard InChI is InChI=1S/C24H17ClN4O2S/c25-20-13-7-4-10-17(20)15-32-24-27-26-22(31-24)21-18-11-5-6-12-19(18)23(30)29(28-21)14-16-8-2-1-3-9-16/h1-13H,14-15H2. The minimum Gasteiger partial charge on any atom is -0.409 e. The van der Waals surface area contributed by atoms with Gasteiger partial charge in [0.1, 0.15) is 0 Å². The van der Waals surface area contributed by atoms with Crippen LogP contribution < -0.4 is 5.56 Å². The second-order valence-corrected chi connectivity index (χ2v) is 8.43. The van der Waals surface area contributed by atoms with E-state index in [2.05, 4.69) is 15.3 Å². The van der Waals surface area contributed by atoms with Gasteiger partial charge in [-0.05, 0) is 23.3 Å². The maximum Gasteiger partial charge on any atom is 0.277 e. The molecule has 0 amide bonds. The van der Waals surface area contributed by atoms with E-state index in [0.29, 0.717) is 39.0 Å². The SMILES string of the molecule is O=c1c2ccccc2c(-c2nnc(SCc3ccccc3Cl)o2)nn1Cc1ccccc1. The molecular weight excluding hydrogens is 444 g/mol. The quantitative estimate of drug-likeness (QED) is 0.314. The average Bonchev–Trinajstić information content (AvgIpc) is 3.30. The summed E-state index contributed by atoms with van der Waals surface area (Å²) in [5.41, 5.74) is 2.28. The van der Waals surface area contributed by atoms with Crippen LogP contribution in [0.2, 0.25) is 5.02 Å². The van der Waals surface area contributed by atoms with Crippen LogP contribution in [0.1, 0.15) is 11.1 Å². The van der Waals surface area contributed by atoms with Crippen molar-refractivity contribution < 1.29 is 4.42 Å². The molecule has 5 rings (SSSR count). The Morgan fingerprint density at radius 3 is 2.41 bits per heavy atom. The first-order chi connectivity index (χ1) is 15.7. The number of fused-ring (bicyclic) bond motifs is 1. The number of aromatic nitrogens is 4. The maximum atomic E-state index is 13.0. The minimum absolute atomic E-state index is 0.166. The highest BCUT2D eigenvalue weighted by Gasteiger charge is 2.18. The minimum atomic E-state index is -0.166. The van der Waals surface area contributed by atoms with Gasteiger partial charge in [-0.3, -0.25) is 4.79 Å². The molecule has 2 aromatic heterocycles. The topological polar surface area (TPSA) is 73.8 Å². The lowest BCUT2D eigenvalue weighted by atomic mass is 10.1. The van der Waals surface area contributed by atoms with E-state index in [9.17, 15) is 4.79 Å². The number of benzene rings is 3. The molecule has 0 spiro atoms. The highest BCUT2D eigenvalue weighted by Crippen LogP contribution is 2.29. The van der Waals surface area contributed by atoms with E-state index >= 15 is 0 Å². The fraction of sp³-hybridized carbons (Fsp3) is 0.0833. The molecule has 5 aromatic rings. The van der Waals surface area contributed by atoms with Crippen LogP contribution in [0.25, 0.3) is 22.4 Å². The van der Waals surface area contributed by atoms with Gasteiger partial charge in [0.15, 0.2) is 5.69 Å². The Balaban J connectivity index is 1.50. The normalized spacial score (nSPS) is 11.2. The third-order valence-electron chi connectivity index (χ3n) is 4.96. The molecule has 0 N–H and O–H groups in total. The van der Waals surface area contributed by atoms with Gasteiger partial charge in [0, 0.05) is 16.2 Å². The number of thioether (sulfide) groups is 1. The monoisotopic (exact) mass is 460 g/mol. The molecule has 32 heavy (non-hydrogen) atoms. The van der Waals surface area contributed by atoms with Crippen LogP contribution in [0, 0.1) is 0 Å². The summed E-state index contributed by atoms with van der Waals surface area (Å²) < 4.78 is 7.34. The number of nitrogens with zero attached hydrogens (tertiary/aromatic N) is 4. The molecule has 0 bridgehead atoms. The summed E-state index contributed by atoms with van der Waals surface area (Å²) in [5.74, 6) is 0.868. The van der Waals surface area contributed by atoms with E-state index in [1.807, 2.05) is 72.8 Å². The number of hydrogen-bond acceptors (Lipinski definition) is 6. The third-order valence-corrected chi connectivity index (χ3v) is 6.20. The van der Waals surface area contributed by atoms with Gasteiger partial charge in [0.2, 0.25) is 0 Å². The van der Waals surface area contributed by atoms with Crippen LogP contribution in [0.4, 0.5) is 0 Å².